The molecule has 7 heteroatoms. The van der Waals surface area contributed by atoms with Gasteiger partial charge in [-0.05, 0) is 44.9 Å². The second-order valence-corrected chi connectivity index (χ2v) is 6.96. The Morgan fingerprint density at radius 1 is 1.20 bits per heavy atom. The van der Waals surface area contributed by atoms with Crippen molar-refractivity contribution in [2.45, 2.75) is 38.8 Å². The van der Waals surface area contributed by atoms with Gasteiger partial charge in [-0.1, -0.05) is 12.1 Å². The van der Waals surface area contributed by atoms with E-state index < -0.39 is 17.6 Å². The predicted octanol–water partition coefficient (Wildman–Crippen LogP) is 1.73. The zero-order valence-corrected chi connectivity index (χ0v) is 15.0. The molecule has 1 amide bonds. The minimum Gasteiger partial charge on any atom is -0.459 e. The SMILES string of the molecule is CC(C)(C)OC(=O)[C@@H](N)Cc1ccc(OC(=O)N2CCOCC2)cc1. The van der Waals surface area contributed by atoms with E-state index in [1.54, 1.807) is 49.9 Å². The number of hydrogen-bond donors (Lipinski definition) is 1. The summed E-state index contributed by atoms with van der Waals surface area (Å²) < 4.78 is 15.8. The maximum absolute atomic E-state index is 12.0. The molecule has 0 unspecified atom stereocenters. The van der Waals surface area contributed by atoms with E-state index in [2.05, 4.69) is 0 Å². The van der Waals surface area contributed by atoms with Crippen LogP contribution in [-0.2, 0) is 20.7 Å². The van der Waals surface area contributed by atoms with E-state index in [0.29, 0.717) is 38.5 Å². The van der Waals surface area contributed by atoms with Gasteiger partial charge in [-0.3, -0.25) is 4.79 Å². The van der Waals surface area contributed by atoms with Crippen LogP contribution in [0.1, 0.15) is 26.3 Å². The number of amides is 1. The van der Waals surface area contributed by atoms with Gasteiger partial charge in [-0.15, -0.1) is 0 Å². The lowest BCUT2D eigenvalue weighted by molar-refractivity contribution is -0.156. The highest BCUT2D eigenvalue weighted by Gasteiger charge is 2.22. The molecule has 2 rings (SSSR count). The van der Waals surface area contributed by atoms with E-state index in [-0.39, 0.29) is 6.09 Å². The first kappa shape index (κ1) is 19.2. The van der Waals surface area contributed by atoms with Crippen LogP contribution in [0.25, 0.3) is 0 Å². The normalized spacial score (nSPS) is 16.2. The smallest absolute Gasteiger partial charge is 0.415 e. The molecule has 138 valence electrons. The summed E-state index contributed by atoms with van der Waals surface area (Å²) in [5, 5.41) is 0. The fraction of sp³-hybridized carbons (Fsp3) is 0.556. The molecule has 1 atom stereocenters. The van der Waals surface area contributed by atoms with Crippen molar-refractivity contribution in [2.24, 2.45) is 5.73 Å². The van der Waals surface area contributed by atoms with Gasteiger partial charge in [-0.2, -0.15) is 0 Å². The molecule has 2 N–H and O–H groups in total. The maximum Gasteiger partial charge on any atom is 0.415 e. The molecule has 1 aromatic rings. The molecule has 7 nitrogen and oxygen atoms in total. The van der Waals surface area contributed by atoms with Crippen molar-refractivity contribution in [2.75, 3.05) is 26.3 Å². The van der Waals surface area contributed by atoms with Crippen molar-refractivity contribution in [1.82, 2.24) is 4.90 Å². The number of hydrogen-bond acceptors (Lipinski definition) is 6. The second-order valence-electron chi connectivity index (χ2n) is 6.96. The molecule has 0 bridgehead atoms. The van der Waals surface area contributed by atoms with Crippen LogP contribution in [0.4, 0.5) is 4.79 Å². The third kappa shape index (κ3) is 6.36. The summed E-state index contributed by atoms with van der Waals surface area (Å²) in [6, 6.07) is 6.21. The third-order valence-electron chi connectivity index (χ3n) is 3.56. The van der Waals surface area contributed by atoms with Crippen molar-refractivity contribution in [1.29, 1.82) is 0 Å². The Labute approximate surface area is 148 Å². The van der Waals surface area contributed by atoms with Crippen LogP contribution >= 0.6 is 0 Å². The Hall–Kier alpha value is -2.12. The van der Waals surface area contributed by atoms with Gasteiger partial charge in [0.2, 0.25) is 0 Å². The fourth-order valence-corrected chi connectivity index (χ4v) is 2.32. The number of benzene rings is 1. The topological polar surface area (TPSA) is 91.1 Å². The molecule has 1 heterocycles. The first-order valence-corrected chi connectivity index (χ1v) is 8.36. The largest absolute Gasteiger partial charge is 0.459 e. The van der Waals surface area contributed by atoms with Crippen molar-refractivity contribution in [3.63, 3.8) is 0 Å². The number of morpholine rings is 1. The summed E-state index contributed by atoms with van der Waals surface area (Å²) in [7, 11) is 0. The third-order valence-corrected chi connectivity index (χ3v) is 3.56. The van der Waals surface area contributed by atoms with Crippen LogP contribution in [0, 0.1) is 0 Å². The highest BCUT2D eigenvalue weighted by atomic mass is 16.6. The minimum absolute atomic E-state index is 0.354. The van der Waals surface area contributed by atoms with Gasteiger partial charge in [-0.25, -0.2) is 4.79 Å². The average Bonchev–Trinajstić information content (AvgIpc) is 2.56. The summed E-state index contributed by atoms with van der Waals surface area (Å²) in [5.74, 6) is 0.0152. The van der Waals surface area contributed by atoms with Gasteiger partial charge in [0.25, 0.3) is 0 Å². The first-order valence-electron chi connectivity index (χ1n) is 8.36. The van der Waals surface area contributed by atoms with Crippen LogP contribution < -0.4 is 10.5 Å². The molecule has 0 aliphatic carbocycles. The molecule has 25 heavy (non-hydrogen) atoms. The Morgan fingerprint density at radius 2 is 1.80 bits per heavy atom. The summed E-state index contributed by atoms with van der Waals surface area (Å²) >= 11 is 0. The lowest BCUT2D eigenvalue weighted by Crippen LogP contribution is -2.42. The van der Waals surface area contributed by atoms with Crippen molar-refractivity contribution in [3.05, 3.63) is 29.8 Å². The molecule has 1 aliphatic heterocycles. The Morgan fingerprint density at radius 3 is 2.36 bits per heavy atom. The standard InChI is InChI=1S/C18H26N2O5/c1-18(2,3)25-16(21)15(19)12-13-4-6-14(7-5-13)24-17(22)20-8-10-23-11-9-20/h4-7,15H,8-12,19H2,1-3H3/t15-/m0/s1. The number of rotatable bonds is 4. The van der Waals surface area contributed by atoms with Crippen molar-refractivity contribution in [3.8, 4) is 5.75 Å². The lowest BCUT2D eigenvalue weighted by Gasteiger charge is -2.25. The molecule has 0 spiro atoms. The zero-order chi connectivity index (χ0) is 18.4. The average molecular weight is 350 g/mol. The lowest BCUT2D eigenvalue weighted by atomic mass is 10.1. The molecule has 0 aromatic heterocycles. The van der Waals surface area contributed by atoms with Crippen LogP contribution in [0.3, 0.4) is 0 Å². The molecule has 0 saturated carbocycles. The highest BCUT2D eigenvalue weighted by molar-refractivity contribution is 5.76. The van der Waals surface area contributed by atoms with Gasteiger partial charge in [0.1, 0.15) is 17.4 Å². The van der Waals surface area contributed by atoms with E-state index in [4.69, 9.17) is 19.9 Å². The van der Waals surface area contributed by atoms with Crippen LogP contribution in [-0.4, -0.2) is 54.9 Å². The fourth-order valence-electron chi connectivity index (χ4n) is 2.32. The monoisotopic (exact) mass is 350 g/mol. The molecule has 1 saturated heterocycles. The Kier molecular flexibility index (Phi) is 6.39. The van der Waals surface area contributed by atoms with Crippen molar-refractivity contribution >= 4 is 12.1 Å². The van der Waals surface area contributed by atoms with Gasteiger partial charge >= 0.3 is 12.1 Å². The van der Waals surface area contributed by atoms with Gasteiger partial charge in [0, 0.05) is 13.1 Å². The second kappa shape index (κ2) is 8.31. The Bertz CT molecular complexity index is 588. The number of esters is 1. The molecule has 1 aromatic carbocycles. The quantitative estimate of drug-likeness (QED) is 0.832. The molecule has 1 fully saturated rings. The number of nitrogens with two attached hydrogens (primary N) is 1. The summed E-state index contributed by atoms with van der Waals surface area (Å²) in [5.41, 5.74) is 6.20. The van der Waals surface area contributed by atoms with E-state index in [1.165, 1.54) is 0 Å². The maximum atomic E-state index is 12.0. The Balaban J connectivity index is 1.86. The number of carbonyl (C=O) groups is 2. The number of nitrogens with zero attached hydrogens (tertiary/aromatic N) is 1. The molecular formula is C18H26N2O5. The first-order chi connectivity index (χ1) is 11.7. The minimum atomic E-state index is -0.735. The number of carbonyl (C=O) groups excluding carboxylic acids is 2. The summed E-state index contributed by atoms with van der Waals surface area (Å²) in [6.45, 7) is 7.51. The molecular weight excluding hydrogens is 324 g/mol. The number of ether oxygens (including phenoxy) is 3. The van der Waals surface area contributed by atoms with E-state index in [9.17, 15) is 9.59 Å². The van der Waals surface area contributed by atoms with Gasteiger partial charge in [0.05, 0.1) is 13.2 Å². The predicted molar refractivity (Wildman–Crippen MR) is 92.4 cm³/mol. The van der Waals surface area contributed by atoms with Crippen LogP contribution in [0.15, 0.2) is 24.3 Å². The zero-order valence-electron chi connectivity index (χ0n) is 15.0. The summed E-state index contributed by atoms with van der Waals surface area (Å²) in [6.07, 6.45) is -0.0337. The molecule has 0 radical (unpaired) electrons. The van der Waals surface area contributed by atoms with Gasteiger partial charge in [0.15, 0.2) is 0 Å². The highest BCUT2D eigenvalue weighted by Crippen LogP contribution is 2.16. The van der Waals surface area contributed by atoms with Crippen molar-refractivity contribution < 1.29 is 23.8 Å². The van der Waals surface area contributed by atoms with E-state index in [1.807, 2.05) is 0 Å². The van der Waals surface area contributed by atoms with Gasteiger partial charge < -0.3 is 24.8 Å². The van der Waals surface area contributed by atoms with Crippen LogP contribution in [0.5, 0.6) is 5.75 Å². The molecule has 1 aliphatic rings. The van der Waals surface area contributed by atoms with E-state index in [0.717, 1.165) is 5.56 Å². The van der Waals surface area contributed by atoms with E-state index >= 15 is 0 Å². The van der Waals surface area contributed by atoms with Crippen LogP contribution in [0.2, 0.25) is 0 Å². The summed E-state index contributed by atoms with van der Waals surface area (Å²) in [4.78, 5) is 25.5.